The third kappa shape index (κ3) is 3.99. The molecule has 0 radical (unpaired) electrons. The summed E-state index contributed by atoms with van der Waals surface area (Å²) in [4.78, 5) is 9.84. The second kappa shape index (κ2) is 6.68. The summed E-state index contributed by atoms with van der Waals surface area (Å²) in [7, 11) is 0. The number of amides is 1. The predicted molar refractivity (Wildman–Crippen MR) is 45.2 cm³/mol. The van der Waals surface area contributed by atoms with Crippen molar-refractivity contribution in [2.24, 2.45) is 0 Å². The van der Waals surface area contributed by atoms with Crippen molar-refractivity contribution in [3.05, 3.63) is 0 Å². The fourth-order valence-corrected chi connectivity index (χ4v) is 0.853. The fraction of sp³-hybridized carbons (Fsp3) is 0.857. The van der Waals surface area contributed by atoms with Crippen molar-refractivity contribution >= 4 is 6.41 Å². The zero-order valence-corrected chi connectivity index (χ0v) is 7.45. The standard InChI is InChI=1S/C7H15NO6/c9-2-5(12)7(14)6(13)4(11)1-8-3-10/h3-7,9,11-14H,1-2H2,(H,8,10). The summed E-state index contributed by atoms with van der Waals surface area (Å²) in [5.74, 6) is 0. The van der Waals surface area contributed by atoms with Gasteiger partial charge in [-0.3, -0.25) is 4.79 Å². The third-order valence-corrected chi connectivity index (χ3v) is 1.74. The number of nitrogens with one attached hydrogen (secondary N) is 1. The highest BCUT2D eigenvalue weighted by molar-refractivity contribution is 5.45. The van der Waals surface area contributed by atoms with Crippen molar-refractivity contribution in [2.75, 3.05) is 13.2 Å². The fourth-order valence-electron chi connectivity index (χ4n) is 0.853. The minimum Gasteiger partial charge on any atom is -0.394 e. The molecule has 0 aromatic rings. The van der Waals surface area contributed by atoms with Crippen molar-refractivity contribution in [1.82, 2.24) is 5.32 Å². The highest BCUT2D eigenvalue weighted by atomic mass is 16.4. The van der Waals surface area contributed by atoms with Crippen LogP contribution in [-0.2, 0) is 4.79 Å². The van der Waals surface area contributed by atoms with Crippen LogP contribution in [0.25, 0.3) is 0 Å². The minimum atomic E-state index is -1.66. The summed E-state index contributed by atoms with van der Waals surface area (Å²) in [5, 5.41) is 46.9. The maximum absolute atomic E-state index is 9.84. The summed E-state index contributed by atoms with van der Waals surface area (Å²) in [6, 6.07) is 0. The maximum Gasteiger partial charge on any atom is 0.207 e. The summed E-state index contributed by atoms with van der Waals surface area (Å²) in [5.41, 5.74) is 0. The van der Waals surface area contributed by atoms with Crippen LogP contribution in [-0.4, -0.2) is 69.5 Å². The average Bonchev–Trinajstić information content (AvgIpc) is 2.22. The van der Waals surface area contributed by atoms with Crippen LogP contribution in [0.2, 0.25) is 0 Å². The molecular weight excluding hydrogens is 194 g/mol. The van der Waals surface area contributed by atoms with Crippen molar-refractivity contribution in [1.29, 1.82) is 0 Å². The molecule has 0 saturated heterocycles. The van der Waals surface area contributed by atoms with Crippen LogP contribution < -0.4 is 5.32 Å². The van der Waals surface area contributed by atoms with Gasteiger partial charge in [0, 0.05) is 6.54 Å². The number of aliphatic hydroxyl groups excluding tert-OH is 5. The van der Waals surface area contributed by atoms with Crippen molar-refractivity contribution in [2.45, 2.75) is 24.4 Å². The van der Waals surface area contributed by atoms with Gasteiger partial charge in [0.05, 0.1) is 12.7 Å². The second-order valence-corrected chi connectivity index (χ2v) is 2.82. The monoisotopic (exact) mass is 209 g/mol. The van der Waals surface area contributed by atoms with E-state index in [0.29, 0.717) is 6.41 Å². The van der Waals surface area contributed by atoms with Crippen LogP contribution >= 0.6 is 0 Å². The molecule has 0 heterocycles. The molecule has 0 spiro atoms. The van der Waals surface area contributed by atoms with Gasteiger partial charge < -0.3 is 30.8 Å². The number of hydrogen-bond acceptors (Lipinski definition) is 6. The lowest BCUT2D eigenvalue weighted by Crippen LogP contribution is -2.48. The highest BCUT2D eigenvalue weighted by Crippen LogP contribution is 2.04. The Labute approximate surface area is 80.6 Å². The molecule has 1 amide bonds. The average molecular weight is 209 g/mol. The number of aliphatic hydroxyl groups is 5. The van der Waals surface area contributed by atoms with Gasteiger partial charge >= 0.3 is 0 Å². The van der Waals surface area contributed by atoms with Gasteiger partial charge in [0.1, 0.15) is 18.3 Å². The molecule has 7 nitrogen and oxygen atoms in total. The van der Waals surface area contributed by atoms with Crippen LogP contribution in [0.5, 0.6) is 0 Å². The summed E-state index contributed by atoms with van der Waals surface area (Å²) >= 11 is 0. The Bertz CT molecular complexity index is 166. The van der Waals surface area contributed by atoms with E-state index in [1.54, 1.807) is 0 Å². The van der Waals surface area contributed by atoms with Gasteiger partial charge in [-0.2, -0.15) is 0 Å². The first-order valence-corrected chi connectivity index (χ1v) is 4.04. The predicted octanol–water partition coefficient (Wildman–Crippen LogP) is -3.83. The van der Waals surface area contributed by atoms with E-state index < -0.39 is 31.0 Å². The molecule has 0 aromatic heterocycles. The molecular formula is C7H15NO6. The molecule has 7 heteroatoms. The van der Waals surface area contributed by atoms with Crippen LogP contribution in [0.3, 0.4) is 0 Å². The van der Waals surface area contributed by atoms with E-state index in [1.807, 2.05) is 0 Å². The third-order valence-electron chi connectivity index (χ3n) is 1.74. The van der Waals surface area contributed by atoms with Crippen LogP contribution in [0, 0.1) is 0 Å². The molecule has 0 aliphatic heterocycles. The van der Waals surface area contributed by atoms with Gasteiger partial charge in [-0.15, -0.1) is 0 Å². The van der Waals surface area contributed by atoms with Crippen LogP contribution in [0.4, 0.5) is 0 Å². The Morgan fingerprint density at radius 2 is 1.57 bits per heavy atom. The van der Waals surface area contributed by atoms with Crippen molar-refractivity contribution in [3.8, 4) is 0 Å². The van der Waals surface area contributed by atoms with Gasteiger partial charge in [0.2, 0.25) is 6.41 Å². The molecule has 0 bridgehead atoms. The zero-order chi connectivity index (χ0) is 11.1. The van der Waals surface area contributed by atoms with Crippen LogP contribution in [0.1, 0.15) is 0 Å². The molecule has 14 heavy (non-hydrogen) atoms. The molecule has 4 atom stereocenters. The van der Waals surface area contributed by atoms with Crippen LogP contribution in [0.15, 0.2) is 0 Å². The topological polar surface area (TPSA) is 130 Å². The summed E-state index contributed by atoms with van der Waals surface area (Å²) in [6.07, 6.45) is -5.91. The van der Waals surface area contributed by atoms with Gasteiger partial charge in [0.15, 0.2) is 0 Å². The number of carbonyl (C=O) groups is 1. The molecule has 6 N–H and O–H groups in total. The molecule has 84 valence electrons. The summed E-state index contributed by atoms with van der Waals surface area (Å²) < 4.78 is 0. The van der Waals surface area contributed by atoms with Gasteiger partial charge in [-0.25, -0.2) is 0 Å². The quantitative estimate of drug-likeness (QED) is 0.238. The van der Waals surface area contributed by atoms with E-state index in [2.05, 4.69) is 5.32 Å². The Balaban J connectivity index is 4.01. The minimum absolute atomic E-state index is 0.250. The largest absolute Gasteiger partial charge is 0.394 e. The molecule has 0 rings (SSSR count). The highest BCUT2D eigenvalue weighted by Gasteiger charge is 2.29. The maximum atomic E-state index is 9.84. The SMILES string of the molecule is O=CNCC(O)C(O)C(O)C(O)CO. The Morgan fingerprint density at radius 1 is 1.07 bits per heavy atom. The molecule has 0 fully saturated rings. The van der Waals surface area contributed by atoms with E-state index in [1.165, 1.54) is 0 Å². The molecule has 0 aliphatic carbocycles. The molecule has 0 saturated carbocycles. The normalized spacial score (nSPS) is 19.5. The van der Waals surface area contributed by atoms with E-state index in [4.69, 9.17) is 20.4 Å². The lowest BCUT2D eigenvalue weighted by Gasteiger charge is -2.25. The zero-order valence-electron chi connectivity index (χ0n) is 7.45. The molecule has 0 aromatic carbocycles. The number of carbonyl (C=O) groups excluding carboxylic acids is 1. The lowest BCUT2D eigenvalue weighted by molar-refractivity contribution is -0.118. The summed E-state index contributed by atoms with van der Waals surface area (Å²) in [6.45, 7) is -0.980. The first-order chi connectivity index (χ1) is 6.54. The lowest BCUT2D eigenvalue weighted by atomic mass is 10.0. The molecule has 0 aliphatic rings. The van der Waals surface area contributed by atoms with Gasteiger partial charge in [-0.05, 0) is 0 Å². The smallest absolute Gasteiger partial charge is 0.207 e. The van der Waals surface area contributed by atoms with Crippen molar-refractivity contribution in [3.63, 3.8) is 0 Å². The van der Waals surface area contributed by atoms with E-state index in [-0.39, 0.29) is 6.54 Å². The van der Waals surface area contributed by atoms with Gasteiger partial charge in [0.25, 0.3) is 0 Å². The molecule has 4 unspecified atom stereocenters. The number of hydrogen-bond donors (Lipinski definition) is 6. The van der Waals surface area contributed by atoms with E-state index >= 15 is 0 Å². The number of rotatable bonds is 7. The van der Waals surface area contributed by atoms with E-state index in [9.17, 15) is 9.90 Å². The Morgan fingerprint density at radius 3 is 2.00 bits per heavy atom. The first kappa shape index (κ1) is 13.3. The van der Waals surface area contributed by atoms with Crippen molar-refractivity contribution < 1.29 is 30.3 Å². The van der Waals surface area contributed by atoms with E-state index in [0.717, 1.165) is 0 Å². The second-order valence-electron chi connectivity index (χ2n) is 2.82. The Hall–Kier alpha value is -0.730. The first-order valence-electron chi connectivity index (χ1n) is 4.04. The van der Waals surface area contributed by atoms with Gasteiger partial charge in [-0.1, -0.05) is 0 Å². The Kier molecular flexibility index (Phi) is 6.34.